The average molecular weight is 200 g/mol. The molecule has 0 radical (unpaired) electrons. The summed E-state index contributed by atoms with van der Waals surface area (Å²) in [5, 5.41) is 5.82. The summed E-state index contributed by atoms with van der Waals surface area (Å²) in [7, 11) is 0. The highest BCUT2D eigenvalue weighted by atomic mass is 32.1. The Balaban J connectivity index is 2.19. The number of carbonyl (C=O) groups is 1. The molecule has 5 nitrogen and oxygen atoms in total. The molecule has 0 saturated carbocycles. The van der Waals surface area contributed by atoms with Gasteiger partial charge < -0.3 is 10.6 Å². The zero-order valence-electron chi connectivity index (χ0n) is 7.41. The second kappa shape index (κ2) is 5.60. The zero-order chi connectivity index (χ0) is 9.52. The molecular formula is C7H12N4OS. The summed E-state index contributed by atoms with van der Waals surface area (Å²) >= 11 is 1.04. The van der Waals surface area contributed by atoms with Gasteiger partial charge in [-0.15, -0.1) is 0 Å². The standard InChI is InChI=1S/C7H12N4OS/c1-2-8-3-4-9-7(12)6-5-10-13-11-6/h5,8H,2-4H2,1H3,(H,9,12). The number of amides is 1. The van der Waals surface area contributed by atoms with Crippen molar-refractivity contribution in [2.45, 2.75) is 6.92 Å². The zero-order valence-corrected chi connectivity index (χ0v) is 8.23. The van der Waals surface area contributed by atoms with E-state index in [-0.39, 0.29) is 5.91 Å². The van der Waals surface area contributed by atoms with E-state index >= 15 is 0 Å². The highest BCUT2D eigenvalue weighted by Crippen LogP contribution is 1.93. The molecule has 0 aromatic carbocycles. The maximum Gasteiger partial charge on any atom is 0.272 e. The summed E-state index contributed by atoms with van der Waals surface area (Å²) in [5.74, 6) is -0.161. The van der Waals surface area contributed by atoms with Crippen LogP contribution < -0.4 is 10.6 Å². The maximum absolute atomic E-state index is 11.2. The van der Waals surface area contributed by atoms with Crippen molar-refractivity contribution in [2.24, 2.45) is 0 Å². The molecular weight excluding hydrogens is 188 g/mol. The van der Waals surface area contributed by atoms with E-state index in [1.165, 1.54) is 6.20 Å². The largest absolute Gasteiger partial charge is 0.349 e. The summed E-state index contributed by atoms with van der Waals surface area (Å²) in [5.41, 5.74) is 0.390. The maximum atomic E-state index is 11.2. The molecule has 0 aliphatic rings. The number of hydrogen-bond acceptors (Lipinski definition) is 5. The number of rotatable bonds is 5. The molecule has 6 heteroatoms. The fraction of sp³-hybridized carbons (Fsp3) is 0.571. The molecule has 0 spiro atoms. The molecule has 1 aromatic rings. The Labute approximate surface area is 80.9 Å². The molecule has 0 fully saturated rings. The number of nitrogens with zero attached hydrogens (tertiary/aromatic N) is 2. The van der Waals surface area contributed by atoms with Gasteiger partial charge in [-0.1, -0.05) is 6.92 Å². The van der Waals surface area contributed by atoms with Crippen LogP contribution in [0.3, 0.4) is 0 Å². The molecule has 0 atom stereocenters. The van der Waals surface area contributed by atoms with Crippen LogP contribution in [0.4, 0.5) is 0 Å². The Hall–Kier alpha value is -1.01. The van der Waals surface area contributed by atoms with Gasteiger partial charge in [-0.3, -0.25) is 4.79 Å². The van der Waals surface area contributed by atoms with Crippen molar-refractivity contribution in [3.8, 4) is 0 Å². The fourth-order valence-electron chi connectivity index (χ4n) is 0.796. The van der Waals surface area contributed by atoms with Crippen LogP contribution in [0.1, 0.15) is 17.4 Å². The van der Waals surface area contributed by atoms with Crippen molar-refractivity contribution in [2.75, 3.05) is 19.6 Å². The molecule has 1 aromatic heterocycles. The summed E-state index contributed by atoms with van der Waals surface area (Å²) in [6.45, 7) is 4.32. The van der Waals surface area contributed by atoms with Gasteiger partial charge in [0, 0.05) is 13.1 Å². The monoisotopic (exact) mass is 200 g/mol. The van der Waals surface area contributed by atoms with E-state index in [0.29, 0.717) is 12.2 Å². The third-order valence-corrected chi connectivity index (χ3v) is 1.91. The summed E-state index contributed by atoms with van der Waals surface area (Å²) in [6.07, 6.45) is 1.47. The van der Waals surface area contributed by atoms with Crippen LogP contribution in [0.15, 0.2) is 6.20 Å². The van der Waals surface area contributed by atoms with Crippen LogP contribution in [0.25, 0.3) is 0 Å². The lowest BCUT2D eigenvalue weighted by Crippen LogP contribution is -2.31. The number of hydrogen-bond donors (Lipinski definition) is 2. The molecule has 1 heterocycles. The van der Waals surface area contributed by atoms with Gasteiger partial charge in [0.2, 0.25) is 0 Å². The Morgan fingerprint density at radius 3 is 3.08 bits per heavy atom. The normalized spacial score (nSPS) is 9.92. The second-order valence-electron chi connectivity index (χ2n) is 2.40. The van der Waals surface area contributed by atoms with E-state index in [1.807, 2.05) is 6.92 Å². The van der Waals surface area contributed by atoms with E-state index in [1.54, 1.807) is 0 Å². The second-order valence-corrected chi connectivity index (χ2v) is 2.96. The molecule has 2 N–H and O–H groups in total. The van der Waals surface area contributed by atoms with Gasteiger partial charge in [0.1, 0.15) is 0 Å². The summed E-state index contributed by atoms with van der Waals surface area (Å²) in [6, 6.07) is 0. The van der Waals surface area contributed by atoms with Crippen molar-refractivity contribution >= 4 is 17.6 Å². The van der Waals surface area contributed by atoms with Crippen LogP contribution in [-0.2, 0) is 0 Å². The minimum atomic E-state index is -0.161. The molecule has 1 rings (SSSR count). The summed E-state index contributed by atoms with van der Waals surface area (Å²) in [4.78, 5) is 11.2. The van der Waals surface area contributed by atoms with E-state index < -0.39 is 0 Å². The molecule has 0 unspecified atom stereocenters. The topological polar surface area (TPSA) is 66.9 Å². The number of nitrogens with one attached hydrogen (secondary N) is 2. The molecule has 0 bridgehead atoms. The first-order valence-corrected chi connectivity index (χ1v) is 4.84. The number of carbonyl (C=O) groups excluding carboxylic acids is 1. The third-order valence-electron chi connectivity index (χ3n) is 1.43. The Morgan fingerprint density at radius 2 is 2.46 bits per heavy atom. The van der Waals surface area contributed by atoms with E-state index in [9.17, 15) is 4.79 Å². The van der Waals surface area contributed by atoms with Gasteiger partial charge >= 0.3 is 0 Å². The van der Waals surface area contributed by atoms with Gasteiger partial charge in [0.15, 0.2) is 5.69 Å². The Bertz CT molecular complexity index is 249. The Kier molecular flexibility index (Phi) is 4.34. The van der Waals surface area contributed by atoms with E-state index in [0.717, 1.165) is 24.8 Å². The van der Waals surface area contributed by atoms with Crippen molar-refractivity contribution in [1.29, 1.82) is 0 Å². The number of aromatic nitrogens is 2. The predicted octanol–water partition coefficient (Wildman–Crippen LogP) is -0.123. The van der Waals surface area contributed by atoms with Gasteiger partial charge in [-0.2, -0.15) is 8.75 Å². The minimum Gasteiger partial charge on any atom is -0.349 e. The number of likely N-dealkylation sites (N-methyl/N-ethyl adjacent to an activating group) is 1. The third kappa shape index (κ3) is 3.47. The lowest BCUT2D eigenvalue weighted by atomic mass is 10.4. The van der Waals surface area contributed by atoms with Gasteiger partial charge in [0.25, 0.3) is 5.91 Å². The lowest BCUT2D eigenvalue weighted by molar-refractivity contribution is 0.0950. The molecule has 72 valence electrons. The fourth-order valence-corrected chi connectivity index (χ4v) is 1.21. The van der Waals surface area contributed by atoms with Crippen LogP contribution in [0, 0.1) is 0 Å². The predicted molar refractivity (Wildman–Crippen MR) is 50.8 cm³/mol. The average Bonchev–Trinajstić information content (AvgIpc) is 2.65. The highest BCUT2D eigenvalue weighted by Gasteiger charge is 2.06. The lowest BCUT2D eigenvalue weighted by Gasteiger charge is -2.02. The van der Waals surface area contributed by atoms with Crippen LogP contribution >= 0.6 is 11.7 Å². The molecule has 0 saturated heterocycles. The SMILES string of the molecule is CCNCCNC(=O)c1cnsn1. The molecule has 13 heavy (non-hydrogen) atoms. The van der Waals surface area contributed by atoms with Crippen molar-refractivity contribution in [3.63, 3.8) is 0 Å². The summed E-state index contributed by atoms with van der Waals surface area (Å²) < 4.78 is 7.55. The van der Waals surface area contributed by atoms with Crippen molar-refractivity contribution < 1.29 is 4.79 Å². The highest BCUT2D eigenvalue weighted by molar-refractivity contribution is 6.99. The first kappa shape index (κ1) is 10.1. The van der Waals surface area contributed by atoms with E-state index in [4.69, 9.17) is 0 Å². The quantitative estimate of drug-likeness (QED) is 0.650. The van der Waals surface area contributed by atoms with Crippen LogP contribution in [0.5, 0.6) is 0 Å². The van der Waals surface area contributed by atoms with Gasteiger partial charge in [-0.25, -0.2) is 0 Å². The van der Waals surface area contributed by atoms with Crippen molar-refractivity contribution in [3.05, 3.63) is 11.9 Å². The Morgan fingerprint density at radius 1 is 1.62 bits per heavy atom. The smallest absolute Gasteiger partial charge is 0.272 e. The minimum absolute atomic E-state index is 0.161. The van der Waals surface area contributed by atoms with Crippen LogP contribution in [-0.4, -0.2) is 34.3 Å². The first-order valence-electron chi connectivity index (χ1n) is 4.11. The van der Waals surface area contributed by atoms with Crippen LogP contribution in [0.2, 0.25) is 0 Å². The van der Waals surface area contributed by atoms with Gasteiger partial charge in [0.05, 0.1) is 17.9 Å². The molecule has 1 amide bonds. The van der Waals surface area contributed by atoms with E-state index in [2.05, 4.69) is 19.4 Å². The molecule has 0 aliphatic heterocycles. The molecule has 0 aliphatic carbocycles. The van der Waals surface area contributed by atoms with Crippen molar-refractivity contribution in [1.82, 2.24) is 19.4 Å². The first-order chi connectivity index (χ1) is 6.34. The van der Waals surface area contributed by atoms with Gasteiger partial charge in [-0.05, 0) is 6.54 Å².